The van der Waals surface area contributed by atoms with Crippen LogP contribution in [0.25, 0.3) is 0 Å². The molecular formula is C14H25ClN2O. The highest BCUT2D eigenvalue weighted by atomic mass is 35.5. The fourth-order valence-corrected chi connectivity index (χ4v) is 3.87. The number of fused-ring (bicyclic) bond motifs is 2. The fraction of sp³-hybridized carbons (Fsp3) is 0.929. The molecule has 3 aliphatic carbocycles. The van der Waals surface area contributed by atoms with E-state index in [-0.39, 0.29) is 18.3 Å². The Labute approximate surface area is 116 Å². The highest BCUT2D eigenvalue weighted by molar-refractivity contribution is 5.85. The number of hydrogen-bond donors (Lipinski definition) is 2. The number of carbonyl (C=O) groups is 1. The molecule has 0 aromatic rings. The van der Waals surface area contributed by atoms with Crippen LogP contribution in [0.15, 0.2) is 0 Å². The number of nitrogens with one attached hydrogen (secondary N) is 1. The maximum Gasteiger partial charge on any atom is 0.223 e. The first-order chi connectivity index (χ1) is 8.24. The van der Waals surface area contributed by atoms with Crippen molar-refractivity contribution in [3.05, 3.63) is 0 Å². The molecule has 3 nitrogen and oxygen atoms in total. The van der Waals surface area contributed by atoms with Crippen molar-refractivity contribution in [2.45, 2.75) is 63.5 Å². The summed E-state index contributed by atoms with van der Waals surface area (Å²) in [6.07, 6.45) is 9.53. The van der Waals surface area contributed by atoms with E-state index < -0.39 is 0 Å². The first-order valence-corrected chi connectivity index (χ1v) is 7.30. The van der Waals surface area contributed by atoms with Gasteiger partial charge in [-0.3, -0.25) is 4.79 Å². The van der Waals surface area contributed by atoms with Crippen molar-refractivity contribution in [1.29, 1.82) is 0 Å². The van der Waals surface area contributed by atoms with Crippen molar-refractivity contribution in [2.75, 3.05) is 0 Å². The lowest BCUT2D eigenvalue weighted by atomic mass is 9.65. The van der Waals surface area contributed by atoms with Gasteiger partial charge in [-0.1, -0.05) is 6.42 Å². The van der Waals surface area contributed by atoms with Crippen LogP contribution in [0.1, 0.15) is 51.4 Å². The van der Waals surface area contributed by atoms with Gasteiger partial charge in [0.25, 0.3) is 0 Å². The summed E-state index contributed by atoms with van der Waals surface area (Å²) >= 11 is 0. The Morgan fingerprint density at radius 1 is 1.00 bits per heavy atom. The first-order valence-electron chi connectivity index (χ1n) is 7.30. The molecule has 0 saturated heterocycles. The summed E-state index contributed by atoms with van der Waals surface area (Å²) < 4.78 is 0. The van der Waals surface area contributed by atoms with E-state index in [1.807, 2.05) is 0 Å². The number of rotatable bonds is 2. The highest BCUT2D eigenvalue weighted by Gasteiger charge is 2.40. The third-order valence-electron chi connectivity index (χ3n) is 5.24. The van der Waals surface area contributed by atoms with Crippen molar-refractivity contribution >= 4 is 18.3 Å². The van der Waals surface area contributed by atoms with Gasteiger partial charge < -0.3 is 11.1 Å². The number of halogens is 1. The van der Waals surface area contributed by atoms with Gasteiger partial charge in [-0.2, -0.15) is 0 Å². The quantitative estimate of drug-likeness (QED) is 0.810. The van der Waals surface area contributed by atoms with E-state index in [2.05, 4.69) is 5.32 Å². The third-order valence-corrected chi connectivity index (χ3v) is 5.24. The minimum Gasteiger partial charge on any atom is -0.353 e. The van der Waals surface area contributed by atoms with Crippen molar-refractivity contribution in [2.24, 2.45) is 23.5 Å². The van der Waals surface area contributed by atoms with Crippen LogP contribution >= 0.6 is 12.4 Å². The van der Waals surface area contributed by atoms with Gasteiger partial charge in [0.05, 0.1) is 0 Å². The van der Waals surface area contributed by atoms with E-state index in [1.54, 1.807) is 0 Å². The molecule has 3 fully saturated rings. The Kier molecular flexibility index (Phi) is 4.54. The molecule has 2 unspecified atom stereocenters. The summed E-state index contributed by atoms with van der Waals surface area (Å²) in [5.41, 5.74) is 6.25. The van der Waals surface area contributed by atoms with Gasteiger partial charge in [-0.25, -0.2) is 0 Å². The van der Waals surface area contributed by atoms with Gasteiger partial charge in [0.1, 0.15) is 0 Å². The van der Waals surface area contributed by atoms with Crippen LogP contribution in [0.5, 0.6) is 0 Å². The van der Waals surface area contributed by atoms with E-state index in [9.17, 15) is 4.79 Å². The summed E-state index contributed by atoms with van der Waals surface area (Å²) in [5, 5.41) is 3.21. The molecule has 3 aliphatic rings. The SMILES string of the molecule is Cl.NC1C2CCCC1CC(C(=O)NC1CCC1)C2. The van der Waals surface area contributed by atoms with Gasteiger partial charge in [0.2, 0.25) is 5.91 Å². The van der Waals surface area contributed by atoms with Gasteiger partial charge in [-0.15, -0.1) is 12.4 Å². The summed E-state index contributed by atoms with van der Waals surface area (Å²) in [5.74, 6) is 1.79. The molecule has 2 atom stereocenters. The maximum atomic E-state index is 12.2. The molecule has 3 saturated carbocycles. The van der Waals surface area contributed by atoms with Gasteiger partial charge in [-0.05, 0) is 56.8 Å². The van der Waals surface area contributed by atoms with Gasteiger partial charge in [0, 0.05) is 18.0 Å². The first kappa shape index (κ1) is 14.1. The Morgan fingerprint density at radius 3 is 2.06 bits per heavy atom. The largest absolute Gasteiger partial charge is 0.353 e. The number of carbonyl (C=O) groups excluding carboxylic acids is 1. The highest BCUT2D eigenvalue weighted by Crippen LogP contribution is 2.42. The molecule has 4 heteroatoms. The smallest absolute Gasteiger partial charge is 0.223 e. The lowest BCUT2D eigenvalue weighted by Gasteiger charge is -2.44. The van der Waals surface area contributed by atoms with Gasteiger partial charge >= 0.3 is 0 Å². The molecule has 3 rings (SSSR count). The molecule has 0 aromatic heterocycles. The molecule has 0 spiro atoms. The average molecular weight is 273 g/mol. The second kappa shape index (κ2) is 5.79. The topological polar surface area (TPSA) is 55.1 Å². The average Bonchev–Trinajstić information content (AvgIpc) is 2.22. The van der Waals surface area contributed by atoms with Crippen LogP contribution in [0.3, 0.4) is 0 Å². The molecule has 0 aromatic carbocycles. The number of nitrogens with two attached hydrogens (primary N) is 1. The minimum absolute atomic E-state index is 0. The summed E-state index contributed by atoms with van der Waals surface area (Å²) in [6.45, 7) is 0. The lowest BCUT2D eigenvalue weighted by molar-refractivity contribution is -0.129. The van der Waals surface area contributed by atoms with E-state index >= 15 is 0 Å². The van der Waals surface area contributed by atoms with Crippen molar-refractivity contribution < 1.29 is 4.79 Å². The fourth-order valence-electron chi connectivity index (χ4n) is 3.87. The molecule has 2 bridgehead atoms. The zero-order valence-electron chi connectivity index (χ0n) is 10.9. The normalized spacial score (nSPS) is 39.4. The van der Waals surface area contributed by atoms with E-state index in [0.717, 1.165) is 12.8 Å². The summed E-state index contributed by atoms with van der Waals surface area (Å²) in [4.78, 5) is 12.2. The molecule has 3 N–H and O–H groups in total. The Bertz CT molecular complexity index is 292. The second-order valence-electron chi connectivity index (χ2n) is 6.33. The van der Waals surface area contributed by atoms with Crippen LogP contribution in [-0.2, 0) is 4.79 Å². The van der Waals surface area contributed by atoms with E-state index in [1.165, 1.54) is 38.5 Å². The predicted molar refractivity (Wildman–Crippen MR) is 74.6 cm³/mol. The monoisotopic (exact) mass is 272 g/mol. The molecule has 104 valence electrons. The van der Waals surface area contributed by atoms with Gasteiger partial charge in [0.15, 0.2) is 0 Å². The minimum atomic E-state index is 0. The zero-order valence-corrected chi connectivity index (χ0v) is 11.8. The molecule has 0 heterocycles. The maximum absolute atomic E-state index is 12.2. The summed E-state index contributed by atoms with van der Waals surface area (Å²) in [6, 6.07) is 0.856. The Hall–Kier alpha value is -0.280. The lowest BCUT2D eigenvalue weighted by Crippen LogP contribution is -2.50. The zero-order chi connectivity index (χ0) is 11.8. The van der Waals surface area contributed by atoms with Crippen molar-refractivity contribution in [1.82, 2.24) is 5.32 Å². The van der Waals surface area contributed by atoms with Crippen LogP contribution in [0, 0.1) is 17.8 Å². The standard InChI is InChI=1S/C14H24N2O.ClH/c15-13-9-3-1-4-10(13)8-11(7-9)14(17)16-12-5-2-6-12;/h9-13H,1-8,15H2,(H,16,17);1H. The predicted octanol–water partition coefficient (Wildman–Crippen LogP) is 2.23. The molecule has 1 amide bonds. The molecule has 0 radical (unpaired) electrons. The molecule has 18 heavy (non-hydrogen) atoms. The van der Waals surface area contributed by atoms with Crippen molar-refractivity contribution in [3.8, 4) is 0 Å². The number of amides is 1. The summed E-state index contributed by atoms with van der Waals surface area (Å²) in [7, 11) is 0. The van der Waals surface area contributed by atoms with Crippen LogP contribution in [-0.4, -0.2) is 18.0 Å². The van der Waals surface area contributed by atoms with Crippen molar-refractivity contribution in [3.63, 3.8) is 0 Å². The number of hydrogen-bond acceptors (Lipinski definition) is 2. The van der Waals surface area contributed by atoms with Crippen LogP contribution in [0.2, 0.25) is 0 Å². The second-order valence-corrected chi connectivity index (χ2v) is 6.33. The van der Waals surface area contributed by atoms with E-state index in [0.29, 0.717) is 29.8 Å². The van der Waals surface area contributed by atoms with Crippen LogP contribution in [0.4, 0.5) is 0 Å². The third kappa shape index (κ3) is 2.67. The Balaban J connectivity index is 0.00000120. The van der Waals surface area contributed by atoms with E-state index in [4.69, 9.17) is 5.73 Å². The van der Waals surface area contributed by atoms with Crippen LogP contribution < -0.4 is 11.1 Å². The molecule has 0 aliphatic heterocycles. The Morgan fingerprint density at radius 2 is 1.56 bits per heavy atom. The molecular weight excluding hydrogens is 248 g/mol.